The molecule has 1 aromatic heterocycles. The van der Waals surface area contributed by atoms with Crippen LogP contribution in [0.15, 0.2) is 0 Å². The zero-order valence-electron chi connectivity index (χ0n) is 12.9. The second kappa shape index (κ2) is 5.72. The summed E-state index contributed by atoms with van der Waals surface area (Å²) in [4.78, 5) is 2.35. The van der Waals surface area contributed by atoms with E-state index in [4.69, 9.17) is 4.74 Å². The lowest BCUT2D eigenvalue weighted by molar-refractivity contribution is 0.0819. The molecule has 1 aliphatic heterocycles. The topological polar surface area (TPSA) is 43.2 Å². The normalized spacial score (nSPS) is 24.8. The number of ether oxygens (including phenoxy) is 1. The fourth-order valence-electron chi connectivity index (χ4n) is 3.13. The summed E-state index contributed by atoms with van der Waals surface area (Å²) >= 11 is 0. The van der Waals surface area contributed by atoms with E-state index in [1.165, 1.54) is 25.1 Å². The van der Waals surface area contributed by atoms with Gasteiger partial charge in [0.05, 0.1) is 6.10 Å². The van der Waals surface area contributed by atoms with Gasteiger partial charge in [-0.2, -0.15) is 0 Å². The Morgan fingerprint density at radius 1 is 1.20 bits per heavy atom. The van der Waals surface area contributed by atoms with Crippen LogP contribution in [0, 0.1) is 0 Å². The molecular formula is C15H26N4O. The summed E-state index contributed by atoms with van der Waals surface area (Å²) in [6.07, 6.45) is 5.20. The summed E-state index contributed by atoms with van der Waals surface area (Å²) < 4.78 is 8.09. The van der Waals surface area contributed by atoms with Gasteiger partial charge in [-0.1, -0.05) is 6.42 Å². The third-order valence-electron chi connectivity index (χ3n) is 4.43. The molecule has 0 spiro atoms. The molecule has 2 aliphatic rings. The van der Waals surface area contributed by atoms with Crippen molar-refractivity contribution < 1.29 is 4.74 Å². The predicted octanol–water partition coefficient (Wildman–Crippen LogP) is 2.74. The van der Waals surface area contributed by atoms with E-state index in [2.05, 4.69) is 40.4 Å². The van der Waals surface area contributed by atoms with Crippen LogP contribution in [0.5, 0.6) is 0 Å². The Morgan fingerprint density at radius 2 is 2.00 bits per heavy atom. The molecule has 1 saturated heterocycles. The van der Waals surface area contributed by atoms with Crippen molar-refractivity contribution in [3.63, 3.8) is 0 Å². The summed E-state index contributed by atoms with van der Waals surface area (Å²) in [5, 5.41) is 9.04. The molecule has 20 heavy (non-hydrogen) atoms. The first-order valence-electron chi connectivity index (χ1n) is 7.98. The van der Waals surface area contributed by atoms with E-state index < -0.39 is 0 Å². The molecule has 1 saturated carbocycles. The third kappa shape index (κ3) is 2.55. The number of hydrogen-bond donors (Lipinski definition) is 0. The Morgan fingerprint density at radius 3 is 2.65 bits per heavy atom. The molecule has 1 aliphatic carbocycles. The van der Waals surface area contributed by atoms with Gasteiger partial charge in [0.15, 0.2) is 0 Å². The van der Waals surface area contributed by atoms with Gasteiger partial charge in [0.25, 0.3) is 0 Å². The summed E-state index contributed by atoms with van der Waals surface area (Å²) in [6, 6.07) is 0.412. The Hall–Kier alpha value is -1.10. The molecule has 2 fully saturated rings. The molecule has 2 heterocycles. The van der Waals surface area contributed by atoms with E-state index in [9.17, 15) is 0 Å². The van der Waals surface area contributed by atoms with Gasteiger partial charge in [0.2, 0.25) is 5.95 Å². The highest BCUT2D eigenvalue weighted by atomic mass is 16.5. The van der Waals surface area contributed by atoms with Crippen molar-refractivity contribution in [2.75, 3.05) is 24.6 Å². The molecule has 1 aromatic rings. The monoisotopic (exact) mass is 278 g/mol. The lowest BCUT2D eigenvalue weighted by atomic mass is 9.84. The smallest absolute Gasteiger partial charge is 0.227 e. The van der Waals surface area contributed by atoms with Crippen LogP contribution in [0.2, 0.25) is 0 Å². The van der Waals surface area contributed by atoms with E-state index in [1.54, 1.807) is 0 Å². The molecule has 112 valence electrons. The minimum Gasteiger partial charge on any atom is -0.377 e. The van der Waals surface area contributed by atoms with E-state index in [0.29, 0.717) is 12.0 Å². The van der Waals surface area contributed by atoms with Crippen molar-refractivity contribution in [2.45, 2.75) is 64.5 Å². The van der Waals surface area contributed by atoms with Gasteiger partial charge >= 0.3 is 0 Å². The standard InChI is InChI=1S/C15H26N4O/c1-11(2)19-14(13-6-4-7-13)16-17-15(19)18-8-5-9-20-12(3)10-18/h11-13H,4-10H2,1-3H3/t12-/m1/s1. The van der Waals surface area contributed by atoms with Crippen LogP contribution in [0.1, 0.15) is 64.2 Å². The molecule has 1 atom stereocenters. The third-order valence-corrected chi connectivity index (χ3v) is 4.43. The molecule has 0 radical (unpaired) electrons. The minimum absolute atomic E-state index is 0.266. The molecule has 0 bridgehead atoms. The molecule has 0 aromatic carbocycles. The fraction of sp³-hybridized carbons (Fsp3) is 0.867. The van der Waals surface area contributed by atoms with E-state index in [1.807, 2.05) is 0 Å². The Bertz CT molecular complexity index is 453. The first-order chi connectivity index (χ1) is 9.66. The predicted molar refractivity (Wildman–Crippen MR) is 79.2 cm³/mol. The SMILES string of the molecule is CC(C)n1c(C2CCC2)nnc1N1CCCO[C@H](C)C1. The highest BCUT2D eigenvalue weighted by Crippen LogP contribution is 2.37. The van der Waals surface area contributed by atoms with Gasteiger partial charge < -0.3 is 9.64 Å². The number of aromatic nitrogens is 3. The number of anilines is 1. The largest absolute Gasteiger partial charge is 0.377 e. The maximum atomic E-state index is 5.74. The van der Waals surface area contributed by atoms with Crippen molar-refractivity contribution >= 4 is 5.95 Å². The van der Waals surface area contributed by atoms with Gasteiger partial charge in [0.1, 0.15) is 5.82 Å². The van der Waals surface area contributed by atoms with E-state index >= 15 is 0 Å². The average Bonchev–Trinajstić information content (AvgIpc) is 2.64. The van der Waals surface area contributed by atoms with Gasteiger partial charge in [-0.15, -0.1) is 10.2 Å². The van der Waals surface area contributed by atoms with Crippen LogP contribution in [0.3, 0.4) is 0 Å². The van der Waals surface area contributed by atoms with Crippen LogP contribution in [-0.4, -0.2) is 40.6 Å². The summed E-state index contributed by atoms with van der Waals surface area (Å²) in [5.41, 5.74) is 0. The highest BCUT2D eigenvalue weighted by molar-refractivity contribution is 5.33. The van der Waals surface area contributed by atoms with E-state index in [0.717, 1.165) is 32.1 Å². The number of rotatable bonds is 3. The Labute approximate surface area is 121 Å². The van der Waals surface area contributed by atoms with Gasteiger partial charge in [-0.05, 0) is 40.0 Å². The minimum atomic E-state index is 0.266. The average molecular weight is 278 g/mol. The first-order valence-corrected chi connectivity index (χ1v) is 7.98. The number of nitrogens with zero attached hydrogens (tertiary/aromatic N) is 4. The molecule has 0 amide bonds. The van der Waals surface area contributed by atoms with E-state index in [-0.39, 0.29) is 6.10 Å². The molecule has 0 unspecified atom stereocenters. The molecule has 0 N–H and O–H groups in total. The van der Waals surface area contributed by atoms with Crippen molar-refractivity contribution in [1.29, 1.82) is 0 Å². The van der Waals surface area contributed by atoms with Crippen molar-refractivity contribution in [2.24, 2.45) is 0 Å². The van der Waals surface area contributed by atoms with Crippen LogP contribution >= 0.6 is 0 Å². The molecule has 3 rings (SSSR count). The van der Waals surface area contributed by atoms with Crippen molar-refractivity contribution in [3.8, 4) is 0 Å². The summed E-state index contributed by atoms with van der Waals surface area (Å²) in [5.74, 6) is 2.86. The highest BCUT2D eigenvalue weighted by Gasteiger charge is 2.30. The van der Waals surface area contributed by atoms with Crippen molar-refractivity contribution in [1.82, 2.24) is 14.8 Å². The Kier molecular flexibility index (Phi) is 3.96. The quantitative estimate of drug-likeness (QED) is 0.852. The van der Waals surface area contributed by atoms with Crippen LogP contribution < -0.4 is 4.90 Å². The lowest BCUT2D eigenvalue weighted by Crippen LogP contribution is -2.33. The molecular weight excluding hydrogens is 252 g/mol. The summed E-state index contributed by atoms with van der Waals surface area (Å²) in [6.45, 7) is 9.37. The number of hydrogen-bond acceptors (Lipinski definition) is 4. The fourth-order valence-corrected chi connectivity index (χ4v) is 3.13. The molecule has 5 nitrogen and oxygen atoms in total. The van der Waals surface area contributed by atoms with Gasteiger partial charge in [-0.3, -0.25) is 4.57 Å². The summed E-state index contributed by atoms with van der Waals surface area (Å²) in [7, 11) is 0. The molecule has 5 heteroatoms. The first kappa shape index (κ1) is 13.9. The van der Waals surface area contributed by atoms with Crippen LogP contribution in [-0.2, 0) is 4.74 Å². The Balaban J connectivity index is 1.89. The maximum absolute atomic E-state index is 5.74. The zero-order chi connectivity index (χ0) is 14.1. The van der Waals surface area contributed by atoms with Crippen molar-refractivity contribution in [3.05, 3.63) is 5.82 Å². The lowest BCUT2D eigenvalue weighted by Gasteiger charge is -2.29. The second-order valence-corrected chi connectivity index (χ2v) is 6.43. The van der Waals surface area contributed by atoms with Crippen LogP contribution in [0.4, 0.5) is 5.95 Å². The van der Waals surface area contributed by atoms with Gasteiger partial charge in [-0.25, -0.2) is 0 Å². The second-order valence-electron chi connectivity index (χ2n) is 6.43. The zero-order valence-corrected chi connectivity index (χ0v) is 12.9. The van der Waals surface area contributed by atoms with Crippen LogP contribution in [0.25, 0.3) is 0 Å². The van der Waals surface area contributed by atoms with Gasteiger partial charge in [0, 0.05) is 31.7 Å². The maximum Gasteiger partial charge on any atom is 0.227 e.